The molecule has 0 atom stereocenters. The van der Waals surface area contributed by atoms with Crippen LogP contribution < -0.4 is 16.4 Å². The quantitative estimate of drug-likeness (QED) is 0.434. The maximum Gasteiger partial charge on any atom is 0.416 e. The standard InChI is InChI=1S/C23H27ClF3N5O4/c1-22(2,36)10-29-21(35)17-18(19(28)33)32(11-30-17)14-6-3-12(4-7-14)20(34)31-16-9-13(23(25,26)27)5-8-15(16)24/h5,8-9,11-12,14,36H,3-4,6-7,10H2,1-2H3,(H2,28,33)(H,29,35)(H,31,34). The topological polar surface area (TPSA) is 139 Å². The molecular formula is C23H27ClF3N5O4. The number of alkyl halides is 3. The van der Waals surface area contributed by atoms with E-state index in [-0.39, 0.29) is 34.7 Å². The molecule has 1 fully saturated rings. The lowest BCUT2D eigenvalue weighted by Gasteiger charge is -2.29. The third-order valence-electron chi connectivity index (χ3n) is 5.94. The molecule has 1 aliphatic carbocycles. The first-order valence-corrected chi connectivity index (χ1v) is 11.6. The van der Waals surface area contributed by atoms with Gasteiger partial charge in [-0.25, -0.2) is 4.98 Å². The molecule has 1 saturated carbocycles. The Morgan fingerprint density at radius 3 is 2.39 bits per heavy atom. The fraction of sp³-hybridized carbons (Fsp3) is 0.478. The molecule has 0 spiro atoms. The number of halogens is 4. The number of amides is 3. The van der Waals surface area contributed by atoms with E-state index in [0.717, 1.165) is 18.2 Å². The number of hydrogen-bond acceptors (Lipinski definition) is 5. The fourth-order valence-electron chi connectivity index (χ4n) is 4.08. The number of hydrogen-bond donors (Lipinski definition) is 4. The summed E-state index contributed by atoms with van der Waals surface area (Å²) in [6.45, 7) is 2.96. The number of benzene rings is 1. The lowest BCUT2D eigenvalue weighted by atomic mass is 9.85. The van der Waals surface area contributed by atoms with Crippen molar-refractivity contribution in [1.29, 1.82) is 0 Å². The van der Waals surface area contributed by atoms with Crippen molar-refractivity contribution < 1.29 is 32.7 Å². The molecule has 0 aliphatic heterocycles. The summed E-state index contributed by atoms with van der Waals surface area (Å²) in [6.07, 6.45) is -1.60. The maximum atomic E-state index is 13.0. The Labute approximate surface area is 210 Å². The van der Waals surface area contributed by atoms with Crippen molar-refractivity contribution in [1.82, 2.24) is 14.9 Å². The molecule has 0 bridgehead atoms. The molecular weight excluding hydrogens is 503 g/mol. The Morgan fingerprint density at radius 1 is 1.19 bits per heavy atom. The van der Waals surface area contributed by atoms with Gasteiger partial charge in [0.25, 0.3) is 11.8 Å². The number of aromatic nitrogens is 2. The van der Waals surface area contributed by atoms with Crippen LogP contribution in [0.25, 0.3) is 0 Å². The zero-order valence-electron chi connectivity index (χ0n) is 19.7. The van der Waals surface area contributed by atoms with E-state index in [2.05, 4.69) is 15.6 Å². The number of aliphatic hydroxyl groups is 1. The van der Waals surface area contributed by atoms with Crippen LogP contribution in [0.5, 0.6) is 0 Å². The second-order valence-corrected chi connectivity index (χ2v) is 9.80. The number of nitrogens with zero attached hydrogens (tertiary/aromatic N) is 2. The van der Waals surface area contributed by atoms with E-state index in [9.17, 15) is 32.7 Å². The third kappa shape index (κ3) is 6.55. The Bertz CT molecular complexity index is 1150. The van der Waals surface area contributed by atoms with Gasteiger partial charge in [0, 0.05) is 18.5 Å². The molecule has 13 heteroatoms. The summed E-state index contributed by atoms with van der Waals surface area (Å²) in [6, 6.07) is 2.44. The molecule has 2 aromatic rings. The Kier molecular flexibility index (Phi) is 7.99. The van der Waals surface area contributed by atoms with E-state index >= 15 is 0 Å². The van der Waals surface area contributed by atoms with Gasteiger partial charge in [-0.05, 0) is 57.7 Å². The van der Waals surface area contributed by atoms with Gasteiger partial charge in [0.05, 0.1) is 28.2 Å². The highest BCUT2D eigenvalue weighted by molar-refractivity contribution is 6.33. The maximum absolute atomic E-state index is 13.0. The summed E-state index contributed by atoms with van der Waals surface area (Å²) < 4.78 is 40.5. The Balaban J connectivity index is 1.68. The normalized spacial score (nSPS) is 18.5. The number of primary amides is 1. The van der Waals surface area contributed by atoms with Crippen molar-refractivity contribution in [3.63, 3.8) is 0 Å². The molecule has 3 rings (SSSR count). The third-order valence-corrected chi connectivity index (χ3v) is 6.27. The van der Waals surface area contributed by atoms with Gasteiger partial charge in [-0.15, -0.1) is 0 Å². The average Bonchev–Trinajstić information content (AvgIpc) is 3.23. The predicted octanol–water partition coefficient (Wildman–Crippen LogP) is 3.52. The highest BCUT2D eigenvalue weighted by atomic mass is 35.5. The van der Waals surface area contributed by atoms with Gasteiger partial charge in [-0.1, -0.05) is 11.6 Å². The zero-order chi connectivity index (χ0) is 26.8. The van der Waals surface area contributed by atoms with Crippen LogP contribution in [0.1, 0.15) is 72.1 Å². The largest absolute Gasteiger partial charge is 0.416 e. The molecule has 0 radical (unpaired) electrons. The van der Waals surface area contributed by atoms with Crippen molar-refractivity contribution in [3.8, 4) is 0 Å². The van der Waals surface area contributed by atoms with Crippen LogP contribution in [-0.4, -0.2) is 44.5 Å². The van der Waals surface area contributed by atoms with Crippen LogP contribution in [0.15, 0.2) is 24.5 Å². The molecule has 36 heavy (non-hydrogen) atoms. The molecule has 1 aromatic heterocycles. The van der Waals surface area contributed by atoms with Crippen LogP contribution >= 0.6 is 11.6 Å². The summed E-state index contributed by atoms with van der Waals surface area (Å²) in [7, 11) is 0. The minimum Gasteiger partial charge on any atom is -0.389 e. The second-order valence-electron chi connectivity index (χ2n) is 9.40. The van der Waals surface area contributed by atoms with E-state index in [4.69, 9.17) is 17.3 Å². The van der Waals surface area contributed by atoms with E-state index < -0.39 is 41.0 Å². The Morgan fingerprint density at radius 2 is 1.83 bits per heavy atom. The lowest BCUT2D eigenvalue weighted by molar-refractivity contribution is -0.137. The minimum atomic E-state index is -4.57. The first kappa shape index (κ1) is 27.5. The van der Waals surface area contributed by atoms with Gasteiger partial charge < -0.3 is 26.0 Å². The predicted molar refractivity (Wildman–Crippen MR) is 125 cm³/mol. The number of nitrogens with one attached hydrogen (secondary N) is 2. The van der Waals surface area contributed by atoms with Gasteiger partial charge in [-0.3, -0.25) is 14.4 Å². The monoisotopic (exact) mass is 529 g/mol. The molecule has 9 nitrogen and oxygen atoms in total. The second kappa shape index (κ2) is 10.5. The minimum absolute atomic E-state index is 0.00931. The molecule has 1 aromatic carbocycles. The number of anilines is 1. The summed E-state index contributed by atoms with van der Waals surface area (Å²) in [5.74, 6) is -2.44. The van der Waals surface area contributed by atoms with Gasteiger partial charge in [0.15, 0.2) is 5.69 Å². The van der Waals surface area contributed by atoms with Crippen LogP contribution in [0.3, 0.4) is 0 Å². The van der Waals surface area contributed by atoms with Crippen molar-refractivity contribution in [2.45, 2.75) is 57.3 Å². The smallest absolute Gasteiger partial charge is 0.389 e. The van der Waals surface area contributed by atoms with Gasteiger partial charge in [-0.2, -0.15) is 13.2 Å². The SMILES string of the molecule is CC(C)(O)CNC(=O)c1ncn(C2CCC(C(=O)Nc3cc(C(F)(F)F)ccc3Cl)CC2)c1C(N)=O. The highest BCUT2D eigenvalue weighted by Crippen LogP contribution is 2.36. The molecule has 5 N–H and O–H groups in total. The summed E-state index contributed by atoms with van der Waals surface area (Å²) >= 11 is 5.97. The number of rotatable bonds is 7. The number of imidazole rings is 1. The van der Waals surface area contributed by atoms with E-state index in [1.54, 1.807) is 0 Å². The molecule has 0 saturated heterocycles. The first-order chi connectivity index (χ1) is 16.7. The van der Waals surface area contributed by atoms with Crippen LogP contribution in [0.4, 0.5) is 18.9 Å². The molecule has 196 valence electrons. The van der Waals surface area contributed by atoms with Gasteiger partial charge >= 0.3 is 6.18 Å². The molecule has 3 amide bonds. The zero-order valence-corrected chi connectivity index (χ0v) is 20.4. The lowest BCUT2D eigenvalue weighted by Crippen LogP contribution is -2.39. The molecule has 0 unspecified atom stereocenters. The fourth-order valence-corrected chi connectivity index (χ4v) is 4.24. The van der Waals surface area contributed by atoms with Gasteiger partial charge in [0.2, 0.25) is 5.91 Å². The first-order valence-electron chi connectivity index (χ1n) is 11.2. The summed E-state index contributed by atoms with van der Waals surface area (Å²) in [5.41, 5.74) is 3.07. The van der Waals surface area contributed by atoms with Crippen LogP contribution in [-0.2, 0) is 11.0 Å². The van der Waals surface area contributed by atoms with Crippen molar-refractivity contribution >= 4 is 35.0 Å². The number of nitrogens with two attached hydrogens (primary N) is 1. The molecule has 1 heterocycles. The van der Waals surface area contributed by atoms with Crippen molar-refractivity contribution in [3.05, 3.63) is 46.5 Å². The highest BCUT2D eigenvalue weighted by Gasteiger charge is 2.33. The van der Waals surface area contributed by atoms with Crippen LogP contribution in [0, 0.1) is 5.92 Å². The van der Waals surface area contributed by atoms with E-state index in [1.165, 1.54) is 24.7 Å². The average molecular weight is 530 g/mol. The number of carbonyl (C=O) groups excluding carboxylic acids is 3. The summed E-state index contributed by atoms with van der Waals surface area (Å²) in [5, 5.41) is 14.8. The molecule has 1 aliphatic rings. The van der Waals surface area contributed by atoms with Gasteiger partial charge in [0.1, 0.15) is 5.69 Å². The van der Waals surface area contributed by atoms with E-state index in [0.29, 0.717) is 25.7 Å². The summed E-state index contributed by atoms with van der Waals surface area (Å²) in [4.78, 5) is 41.4. The van der Waals surface area contributed by atoms with Crippen LogP contribution in [0.2, 0.25) is 5.02 Å². The Hall–Kier alpha value is -3.12. The van der Waals surface area contributed by atoms with Crippen molar-refractivity contribution in [2.24, 2.45) is 11.7 Å². The van der Waals surface area contributed by atoms with Crippen molar-refractivity contribution in [2.75, 3.05) is 11.9 Å². The van der Waals surface area contributed by atoms with E-state index in [1.807, 2.05) is 0 Å². The number of carbonyl (C=O) groups is 3.